The molecule has 0 aliphatic heterocycles. The Labute approximate surface area is 714 Å². The zero-order chi connectivity index (χ0) is 85.4. The quantitative estimate of drug-likeness (QED) is 0.0164. The molecule has 31 heteroatoms. The van der Waals surface area contributed by atoms with Gasteiger partial charge in [-0.05, 0) is 187 Å². The van der Waals surface area contributed by atoms with Crippen LogP contribution in [0.2, 0.25) is 0 Å². The molecule has 115 heavy (non-hydrogen) atoms. The summed E-state index contributed by atoms with van der Waals surface area (Å²) in [6.07, 6.45) is 12.1. The first kappa shape index (κ1) is 101. The maximum Gasteiger partial charge on any atom is 0.324 e. The summed E-state index contributed by atoms with van der Waals surface area (Å²) < 4.78 is 0. The molecular weight excluding hydrogens is 1640 g/mol. The summed E-state index contributed by atoms with van der Waals surface area (Å²) in [5.41, 5.74) is 49.2. The van der Waals surface area contributed by atoms with Crippen molar-refractivity contribution in [2.24, 2.45) is 52.0 Å². The van der Waals surface area contributed by atoms with Crippen LogP contribution < -0.4 is 49.9 Å². The number of carboxylic acid groups (broad SMARTS) is 7. The molecule has 4 aliphatic carbocycles. The third-order valence-electron chi connectivity index (χ3n) is 20.9. The second kappa shape index (κ2) is 52.2. The van der Waals surface area contributed by atoms with Gasteiger partial charge in [0.25, 0.3) is 0 Å². The van der Waals surface area contributed by atoms with Crippen LogP contribution in [-0.4, -0.2) is 192 Å². The first-order valence-corrected chi connectivity index (χ1v) is 42.4. The molecule has 0 heterocycles. The number of anilines is 2. The molecular formula is C84H113Cl8N9O14. The van der Waals surface area contributed by atoms with Gasteiger partial charge in [-0.2, -0.15) is 0 Å². The normalized spacial score (nSPS) is 19.0. The van der Waals surface area contributed by atoms with E-state index >= 15 is 0 Å². The van der Waals surface area contributed by atoms with Crippen molar-refractivity contribution >= 4 is 146 Å². The maximum absolute atomic E-state index is 11.3. The number of aryl methyl sites for hydroxylation is 1. The van der Waals surface area contributed by atoms with Crippen molar-refractivity contribution in [3.63, 3.8) is 0 Å². The van der Waals surface area contributed by atoms with E-state index in [0.29, 0.717) is 136 Å². The van der Waals surface area contributed by atoms with Gasteiger partial charge >= 0.3 is 41.8 Å². The Kier molecular flexibility index (Phi) is 45.7. The number of carboxylic acids is 7. The zero-order valence-corrected chi connectivity index (χ0v) is 70.7. The molecule has 6 aromatic rings. The number of nitrogens with zero attached hydrogens (tertiary/aromatic N) is 2. The Morgan fingerprint density at radius 3 is 1.31 bits per heavy atom. The fourth-order valence-electron chi connectivity index (χ4n) is 14.4. The van der Waals surface area contributed by atoms with E-state index in [-0.39, 0.29) is 12.3 Å². The molecule has 0 radical (unpaired) electrons. The molecule has 0 saturated heterocycles. The number of rotatable bonds is 35. The molecule has 0 spiro atoms. The average Bonchev–Trinajstić information content (AvgIpc) is 1.72. The van der Waals surface area contributed by atoms with Gasteiger partial charge in [0.15, 0.2) is 0 Å². The van der Waals surface area contributed by atoms with E-state index < -0.39 is 82.6 Å². The highest BCUT2D eigenvalue weighted by atomic mass is 35.5. The summed E-state index contributed by atoms with van der Waals surface area (Å²) in [5, 5.41) is 62.2. The first-order valence-electron chi connectivity index (χ1n) is 38.2. The highest BCUT2D eigenvalue weighted by Gasteiger charge is 2.53. The topological polar surface area (TPSA) is 450 Å². The van der Waals surface area contributed by atoms with E-state index in [2.05, 4.69) is 11.0 Å². The molecule has 2 fully saturated rings. The average molecular weight is 1760 g/mol. The summed E-state index contributed by atoms with van der Waals surface area (Å²) in [6, 6.07) is 43.0. The lowest BCUT2D eigenvalue weighted by Gasteiger charge is -2.33. The summed E-state index contributed by atoms with van der Waals surface area (Å²) in [7, 11) is 0. The summed E-state index contributed by atoms with van der Waals surface area (Å²) >= 11 is 46.5. The van der Waals surface area contributed by atoms with Gasteiger partial charge in [0.1, 0.15) is 40.8 Å². The summed E-state index contributed by atoms with van der Waals surface area (Å²) in [5.74, 6) is -0.658. The smallest absolute Gasteiger partial charge is 0.324 e. The Bertz CT molecular complexity index is 3960. The minimum Gasteiger partial charge on any atom is -0.480 e. The fraction of sp³-hybridized carbons (Fsp3) is 0.488. The molecule has 0 amide bonds. The van der Waals surface area contributed by atoms with Gasteiger partial charge in [0, 0.05) is 104 Å². The van der Waals surface area contributed by atoms with Crippen LogP contribution in [-0.2, 0) is 84.9 Å². The van der Waals surface area contributed by atoms with Crippen molar-refractivity contribution in [2.45, 2.75) is 168 Å². The van der Waals surface area contributed by atoms with Crippen molar-refractivity contribution in [3.8, 4) is 0 Å². The van der Waals surface area contributed by atoms with Crippen LogP contribution in [0, 0.1) is 11.8 Å². The van der Waals surface area contributed by atoms with Gasteiger partial charge in [-0.3, -0.25) is 33.6 Å². The van der Waals surface area contributed by atoms with Crippen LogP contribution in [0.1, 0.15) is 132 Å². The van der Waals surface area contributed by atoms with E-state index in [1.807, 2.05) is 144 Å². The number of nitrogens with two attached hydrogens (primary N) is 7. The maximum atomic E-state index is 11.3. The number of carbonyl (C=O) groups is 7. The fourth-order valence-corrected chi connectivity index (χ4v) is 16.3. The van der Waals surface area contributed by atoms with Gasteiger partial charge < -0.3 is 85.7 Å². The second-order valence-corrected chi connectivity index (χ2v) is 32.1. The van der Waals surface area contributed by atoms with Crippen molar-refractivity contribution in [1.82, 2.24) is 0 Å². The molecule has 9 atom stereocenters. The number of alkyl halides is 8. The third kappa shape index (κ3) is 33.2. The highest BCUT2D eigenvalue weighted by molar-refractivity contribution is 6.20. The van der Waals surface area contributed by atoms with Gasteiger partial charge in [-0.25, -0.2) is 0 Å². The number of hydrogen-bond acceptors (Lipinski definition) is 16. The lowest BCUT2D eigenvalue weighted by molar-refractivity contribution is -0.146. The number of halogens is 8. The predicted octanol–water partition coefficient (Wildman–Crippen LogP) is 12.3. The number of hydrogen-bond donors (Lipinski definition) is 14. The zero-order valence-electron chi connectivity index (χ0n) is 64.6. The molecule has 634 valence electrons. The minimum atomic E-state index is -1.14. The molecule has 6 aromatic carbocycles. The Hall–Kier alpha value is -6.75. The van der Waals surface area contributed by atoms with Crippen molar-refractivity contribution in [1.29, 1.82) is 0 Å². The van der Waals surface area contributed by atoms with Crippen LogP contribution in [0.25, 0.3) is 0 Å². The summed E-state index contributed by atoms with van der Waals surface area (Å²) in [6.45, 7) is 2.77. The molecule has 4 aliphatic rings. The molecule has 0 aromatic heterocycles. The van der Waals surface area contributed by atoms with Crippen LogP contribution in [0.3, 0.4) is 0 Å². The van der Waals surface area contributed by atoms with E-state index in [0.717, 1.165) is 108 Å². The largest absolute Gasteiger partial charge is 0.480 e. The number of aliphatic carboxylic acids is 7. The van der Waals surface area contributed by atoms with Gasteiger partial charge in [0.2, 0.25) is 0 Å². The SMILES string of the molecule is NC1(C(=O)O)CC2CCC1C2.NC1(C(=O)O)CCc2c(cccc2C(CCCl)CCCl)C1.NC1(C(=O)O)CCc2ccccc2C1.N[C@@H](Cc1ccc(N(CCCl)CCCl)cc1)C(=O)O.N[C@@H](Cc1cccc(C(CCCl)CCCl)c1)C(=O)O.N[C@@H](Cc1ccccc1)C(=O)O.N[C@@H](Cc1ccccc1N(CCCl)CCCl)C(=O)O. The van der Waals surface area contributed by atoms with Crippen LogP contribution in [0.5, 0.6) is 0 Å². The predicted molar refractivity (Wildman–Crippen MR) is 463 cm³/mol. The molecule has 2 saturated carbocycles. The monoisotopic (exact) mass is 1750 g/mol. The van der Waals surface area contributed by atoms with Crippen molar-refractivity contribution in [3.05, 3.63) is 201 Å². The van der Waals surface area contributed by atoms with Gasteiger partial charge in [-0.1, -0.05) is 134 Å². The first-order chi connectivity index (χ1) is 54.7. The Morgan fingerprint density at radius 1 is 0.417 bits per heavy atom. The van der Waals surface area contributed by atoms with E-state index in [1.165, 1.54) is 23.1 Å². The van der Waals surface area contributed by atoms with Gasteiger partial charge in [-0.15, -0.1) is 92.8 Å². The molecule has 23 nitrogen and oxygen atoms in total. The molecule has 21 N–H and O–H groups in total. The molecule has 2 bridgehead atoms. The van der Waals surface area contributed by atoms with Crippen LogP contribution >= 0.6 is 92.8 Å². The van der Waals surface area contributed by atoms with Crippen LogP contribution in [0.4, 0.5) is 11.4 Å². The van der Waals surface area contributed by atoms with E-state index in [9.17, 15) is 38.7 Å². The highest BCUT2D eigenvalue weighted by Crippen LogP contribution is 2.49. The summed E-state index contributed by atoms with van der Waals surface area (Å²) in [4.78, 5) is 79.9. The lowest BCUT2D eigenvalue weighted by Crippen LogP contribution is -2.52. The molecule has 5 unspecified atom stereocenters. The third-order valence-corrected chi connectivity index (χ3v) is 22.5. The van der Waals surface area contributed by atoms with Gasteiger partial charge in [0.05, 0.1) is 0 Å². The second-order valence-electron chi connectivity index (χ2n) is 29.1. The number of fused-ring (bicyclic) bond motifs is 4. The standard InChI is InChI=1S/C16H21Cl2NO2.C14H19Cl2NO2.2C13H18Cl2N2O2.C11H13NO2.C9H11NO2.C8H13NO2/c17-8-5-11(6-9-18)13-3-1-2-12-10-16(19,15(20)21)7-4-14(12)13;15-6-4-11(5-7-16)12-3-1-2-10(8-12)9-13(17)14(18)19;14-5-7-17(8-6-15)11-3-1-10(2-4-11)9-12(16)13(18)19;14-5-7-17(8-6-15)12-4-2-1-3-10(12)9-11(16)13(18)19;12-11(10(13)14)6-5-8-3-1-2-4-9(8)7-11;10-8(9(11)12)6-7-4-2-1-3-5-7;9-8(7(10)11)4-5-1-2-6(8)3-5/h1-3,11H,4-10,19H2,(H,20,21);1-3,8,11,13H,4-7,9,17H2,(H,18,19);1-4,12H,5-9,16H2,(H,18,19);1-4,11H,5-9,16H2,(H,18,19);1-4H,5-7,12H2,(H,13,14);1-5,8H,6,10H2,(H,11,12);5-6H,1-4,9H2,(H,10,11)/t;13-;12-;11-;;8-;/m.000.0./s1. The molecule has 10 rings (SSSR count). The van der Waals surface area contributed by atoms with E-state index in [1.54, 1.807) is 0 Å². The Balaban J connectivity index is 0.000000285. The lowest BCUT2D eigenvalue weighted by atomic mass is 9.75. The van der Waals surface area contributed by atoms with Crippen molar-refractivity contribution < 1.29 is 69.3 Å². The minimum absolute atomic E-state index is 0.255. The van der Waals surface area contributed by atoms with Crippen molar-refractivity contribution in [2.75, 3.05) is 83.0 Å². The number of benzene rings is 6. The van der Waals surface area contributed by atoms with E-state index in [4.69, 9.17) is 164 Å². The number of para-hydroxylation sites is 1. The Morgan fingerprint density at radius 2 is 0.843 bits per heavy atom. The van der Waals surface area contributed by atoms with Crippen LogP contribution in [0.15, 0.2) is 146 Å².